The van der Waals surface area contributed by atoms with Crippen molar-refractivity contribution in [1.82, 2.24) is 5.48 Å². The second-order valence-corrected chi connectivity index (χ2v) is 4.02. The number of rotatable bonds is 2. The predicted molar refractivity (Wildman–Crippen MR) is 52.5 cm³/mol. The minimum Gasteiger partial charge on any atom is -0.316 e. The highest BCUT2D eigenvalue weighted by Crippen LogP contribution is 1.95. The van der Waals surface area contributed by atoms with Gasteiger partial charge in [-0.05, 0) is 5.56 Å². The molecule has 0 bridgehead atoms. The second kappa shape index (κ2) is 6.50. The molecule has 0 fully saturated rings. The summed E-state index contributed by atoms with van der Waals surface area (Å²) in [4.78, 5) is 0. The molecule has 14 heavy (non-hydrogen) atoms. The van der Waals surface area contributed by atoms with Crippen LogP contribution in [0, 0.1) is 0 Å². The minimum absolute atomic E-state index is 0.515. The highest BCUT2D eigenvalue weighted by atomic mass is 32.2. The molecule has 1 aromatic rings. The van der Waals surface area contributed by atoms with Gasteiger partial charge in [0.2, 0.25) is 0 Å². The Balaban J connectivity index is 0.000000292. The normalized spacial score (nSPS) is 10.2. The summed E-state index contributed by atoms with van der Waals surface area (Å²) >= 11 is 0. The monoisotopic (exact) mass is 219 g/mol. The molecule has 0 aliphatic heterocycles. The number of hydrogen-bond acceptors (Lipinski definition) is 4. The van der Waals surface area contributed by atoms with Gasteiger partial charge in [-0.15, -0.1) is 0 Å². The van der Waals surface area contributed by atoms with E-state index >= 15 is 0 Å². The van der Waals surface area contributed by atoms with Crippen LogP contribution in [0.3, 0.4) is 0 Å². The van der Waals surface area contributed by atoms with Crippen molar-refractivity contribution in [2.24, 2.45) is 0 Å². The first-order chi connectivity index (χ1) is 6.43. The van der Waals surface area contributed by atoms with Gasteiger partial charge in [0.1, 0.15) is 0 Å². The number of benzene rings is 1. The van der Waals surface area contributed by atoms with Crippen molar-refractivity contribution in [3.8, 4) is 0 Å². The van der Waals surface area contributed by atoms with Crippen LogP contribution in [0.5, 0.6) is 0 Å². The molecule has 0 amide bonds. The summed E-state index contributed by atoms with van der Waals surface area (Å²) in [6.45, 7) is 0.515. The molecule has 1 aromatic carbocycles. The van der Waals surface area contributed by atoms with E-state index in [2.05, 4.69) is 5.48 Å². The van der Waals surface area contributed by atoms with Gasteiger partial charge in [0.05, 0.1) is 6.26 Å². The van der Waals surface area contributed by atoms with Crippen molar-refractivity contribution in [1.29, 1.82) is 0 Å². The van der Waals surface area contributed by atoms with Gasteiger partial charge in [-0.3, -0.25) is 4.55 Å². The van der Waals surface area contributed by atoms with E-state index in [9.17, 15) is 8.42 Å². The maximum atomic E-state index is 9.19. The Morgan fingerprint density at radius 2 is 1.71 bits per heavy atom. The third-order valence-corrected chi connectivity index (χ3v) is 1.13. The van der Waals surface area contributed by atoms with Crippen LogP contribution in [0.1, 0.15) is 5.56 Å². The zero-order valence-electron chi connectivity index (χ0n) is 7.71. The number of nitrogens with one attached hydrogen (secondary N) is 1. The highest BCUT2D eigenvalue weighted by molar-refractivity contribution is 7.85. The Bertz CT molecular complexity index is 328. The summed E-state index contributed by atoms with van der Waals surface area (Å²) in [7, 11) is -3.67. The smallest absolute Gasteiger partial charge is 0.261 e. The van der Waals surface area contributed by atoms with Crippen LogP contribution in [0.15, 0.2) is 30.3 Å². The molecule has 5 nitrogen and oxygen atoms in total. The molecule has 0 spiro atoms. The lowest BCUT2D eigenvalue weighted by molar-refractivity contribution is 0.161. The van der Waals surface area contributed by atoms with Crippen LogP contribution in [0.25, 0.3) is 0 Å². The Hall–Kier alpha value is -0.950. The first-order valence-electron chi connectivity index (χ1n) is 3.77. The van der Waals surface area contributed by atoms with Gasteiger partial charge in [0, 0.05) is 6.54 Å². The van der Waals surface area contributed by atoms with Crippen molar-refractivity contribution in [2.75, 3.05) is 6.26 Å². The molecule has 0 atom stereocenters. The van der Waals surface area contributed by atoms with Crippen molar-refractivity contribution in [3.63, 3.8) is 0 Å². The van der Waals surface area contributed by atoms with E-state index in [-0.39, 0.29) is 0 Å². The van der Waals surface area contributed by atoms with E-state index in [4.69, 9.17) is 9.76 Å². The van der Waals surface area contributed by atoms with Gasteiger partial charge in [-0.2, -0.15) is 8.42 Å². The highest BCUT2D eigenvalue weighted by Gasteiger charge is 1.84. The second-order valence-electron chi connectivity index (χ2n) is 2.55. The largest absolute Gasteiger partial charge is 0.316 e. The Kier molecular flexibility index (Phi) is 6.06. The standard InChI is InChI=1S/C7H9NO.CH4O3S/c9-8-6-7-4-2-1-3-5-7;1-5(2,3)4/h1-5,8-9H,6H2;1H3,(H,2,3,4). The molecule has 80 valence electrons. The molecule has 1 rings (SSSR count). The Morgan fingerprint density at radius 1 is 1.29 bits per heavy atom. The van der Waals surface area contributed by atoms with E-state index in [0.29, 0.717) is 12.8 Å². The van der Waals surface area contributed by atoms with Crippen molar-refractivity contribution < 1.29 is 18.2 Å². The molecule has 0 aromatic heterocycles. The summed E-state index contributed by atoms with van der Waals surface area (Å²) in [6, 6.07) is 9.71. The summed E-state index contributed by atoms with van der Waals surface area (Å²) < 4.78 is 25.9. The zero-order valence-corrected chi connectivity index (χ0v) is 8.53. The van der Waals surface area contributed by atoms with Crippen LogP contribution in [-0.4, -0.2) is 24.4 Å². The van der Waals surface area contributed by atoms with Crippen LogP contribution in [-0.2, 0) is 16.7 Å². The molecule has 0 heterocycles. The summed E-state index contributed by atoms with van der Waals surface area (Å²) in [5, 5.41) is 8.27. The summed E-state index contributed by atoms with van der Waals surface area (Å²) in [5.74, 6) is 0. The first-order valence-corrected chi connectivity index (χ1v) is 5.61. The fourth-order valence-corrected chi connectivity index (χ4v) is 0.687. The van der Waals surface area contributed by atoms with Gasteiger partial charge >= 0.3 is 0 Å². The minimum atomic E-state index is -3.67. The van der Waals surface area contributed by atoms with Crippen LogP contribution >= 0.6 is 0 Å². The molecule has 6 heteroatoms. The lowest BCUT2D eigenvalue weighted by atomic mass is 10.2. The number of hydrogen-bond donors (Lipinski definition) is 3. The lowest BCUT2D eigenvalue weighted by Crippen LogP contribution is -2.05. The topological polar surface area (TPSA) is 86.6 Å². The Morgan fingerprint density at radius 3 is 2.07 bits per heavy atom. The zero-order chi connectivity index (χ0) is 11.0. The maximum Gasteiger partial charge on any atom is 0.261 e. The first kappa shape index (κ1) is 13.1. The van der Waals surface area contributed by atoms with E-state index < -0.39 is 10.1 Å². The van der Waals surface area contributed by atoms with Crippen LogP contribution in [0.4, 0.5) is 0 Å². The maximum absolute atomic E-state index is 9.19. The fourth-order valence-electron chi connectivity index (χ4n) is 0.687. The van der Waals surface area contributed by atoms with Gasteiger partial charge in [0.15, 0.2) is 0 Å². The van der Waals surface area contributed by atoms with Crippen LogP contribution < -0.4 is 5.48 Å². The lowest BCUT2D eigenvalue weighted by Gasteiger charge is -1.94. The summed E-state index contributed by atoms with van der Waals surface area (Å²) in [6.07, 6.45) is 0.715. The third-order valence-electron chi connectivity index (χ3n) is 1.13. The van der Waals surface area contributed by atoms with Gasteiger partial charge < -0.3 is 5.21 Å². The SMILES string of the molecule is CS(=O)(=O)O.ONCc1ccccc1. The van der Waals surface area contributed by atoms with Gasteiger partial charge in [0.25, 0.3) is 10.1 Å². The van der Waals surface area contributed by atoms with Crippen molar-refractivity contribution >= 4 is 10.1 Å². The quantitative estimate of drug-likeness (QED) is 0.502. The molecule has 0 radical (unpaired) electrons. The van der Waals surface area contributed by atoms with Gasteiger partial charge in [-0.25, -0.2) is 5.48 Å². The molecule has 0 unspecified atom stereocenters. The predicted octanol–water partition coefficient (Wildman–Crippen LogP) is 0.669. The molecule has 0 aliphatic carbocycles. The molecular formula is C8H13NO4S. The van der Waals surface area contributed by atoms with Crippen molar-refractivity contribution in [3.05, 3.63) is 35.9 Å². The van der Waals surface area contributed by atoms with E-state index in [0.717, 1.165) is 5.56 Å². The van der Waals surface area contributed by atoms with Crippen LogP contribution in [0.2, 0.25) is 0 Å². The fraction of sp³-hybridized carbons (Fsp3) is 0.250. The molecular weight excluding hydrogens is 206 g/mol. The van der Waals surface area contributed by atoms with E-state index in [1.165, 1.54) is 0 Å². The van der Waals surface area contributed by atoms with E-state index in [1.807, 2.05) is 30.3 Å². The molecule has 0 saturated carbocycles. The summed E-state index contributed by atoms with van der Waals surface area (Å²) in [5.41, 5.74) is 3.17. The third kappa shape index (κ3) is 11.1. The van der Waals surface area contributed by atoms with Crippen molar-refractivity contribution in [2.45, 2.75) is 6.54 Å². The average Bonchev–Trinajstić information content (AvgIpc) is 2.03. The molecule has 0 aliphatic rings. The van der Waals surface area contributed by atoms with Gasteiger partial charge in [-0.1, -0.05) is 30.3 Å². The van der Waals surface area contributed by atoms with E-state index in [1.54, 1.807) is 0 Å². The molecule has 0 saturated heterocycles. The average molecular weight is 219 g/mol. The number of hydroxylamine groups is 1. The molecule has 3 N–H and O–H groups in total. The Labute approximate surface area is 83.1 Å².